The molecule has 2 aromatic rings. The lowest BCUT2D eigenvalue weighted by Gasteiger charge is -2.39. The summed E-state index contributed by atoms with van der Waals surface area (Å²) < 4.78 is 6.01. The molecule has 0 unspecified atom stereocenters. The Labute approximate surface area is 188 Å². The summed E-state index contributed by atoms with van der Waals surface area (Å²) in [6, 6.07) is 5.26. The van der Waals surface area contributed by atoms with Crippen LogP contribution in [0.25, 0.3) is 0 Å². The fraction of sp³-hybridized carbons (Fsp3) is 0.476. The van der Waals surface area contributed by atoms with Crippen LogP contribution in [-0.2, 0) is 0 Å². The van der Waals surface area contributed by atoms with Gasteiger partial charge in [0.25, 0.3) is 5.91 Å². The number of rotatable bonds is 2. The van der Waals surface area contributed by atoms with Crippen LogP contribution in [0.1, 0.15) is 41.1 Å². The van der Waals surface area contributed by atoms with Crippen LogP contribution in [0.15, 0.2) is 27.2 Å². The Morgan fingerprint density at radius 3 is 2.43 bits per heavy atom. The Morgan fingerprint density at radius 2 is 1.83 bits per heavy atom. The fourth-order valence-corrected chi connectivity index (χ4v) is 5.15. The first-order chi connectivity index (χ1) is 14.3. The SMILES string of the molecule is Cc1noc(C)c1C(=O)N1CCC2(CCN(C(=O)Nc3ccc(Br)cc3Cl)C2)CC1. The predicted molar refractivity (Wildman–Crippen MR) is 118 cm³/mol. The minimum absolute atomic E-state index is 0.0152. The summed E-state index contributed by atoms with van der Waals surface area (Å²) in [5, 5.41) is 7.30. The predicted octanol–water partition coefficient (Wildman–Crippen LogP) is 4.87. The van der Waals surface area contributed by atoms with Crippen molar-refractivity contribution < 1.29 is 14.1 Å². The van der Waals surface area contributed by atoms with Gasteiger partial charge in [0.05, 0.1) is 16.4 Å². The van der Waals surface area contributed by atoms with Crippen LogP contribution >= 0.6 is 27.5 Å². The first kappa shape index (κ1) is 21.2. The average molecular weight is 496 g/mol. The lowest BCUT2D eigenvalue weighted by molar-refractivity contribution is 0.0592. The number of aromatic nitrogens is 1. The summed E-state index contributed by atoms with van der Waals surface area (Å²) in [7, 11) is 0. The van der Waals surface area contributed by atoms with Gasteiger partial charge in [0.15, 0.2) is 0 Å². The molecule has 0 atom stereocenters. The molecule has 0 saturated carbocycles. The van der Waals surface area contributed by atoms with E-state index in [9.17, 15) is 9.59 Å². The molecule has 1 spiro atoms. The molecule has 2 aliphatic heterocycles. The molecule has 2 aliphatic rings. The van der Waals surface area contributed by atoms with E-state index >= 15 is 0 Å². The minimum atomic E-state index is -0.134. The van der Waals surface area contributed by atoms with Gasteiger partial charge in [-0.25, -0.2) is 4.79 Å². The van der Waals surface area contributed by atoms with E-state index < -0.39 is 0 Å². The standard InChI is InChI=1S/C21H24BrClN4O3/c1-13-18(14(2)30-25-13)19(28)26-8-5-21(6-9-26)7-10-27(12-21)20(29)24-17-4-3-15(22)11-16(17)23/h3-4,11H,5-10,12H2,1-2H3,(H,24,29). The Kier molecular flexibility index (Phi) is 5.81. The second-order valence-electron chi connectivity index (χ2n) is 8.22. The third-order valence-electron chi connectivity index (χ3n) is 6.26. The second-order valence-corrected chi connectivity index (χ2v) is 9.54. The molecule has 2 saturated heterocycles. The summed E-state index contributed by atoms with van der Waals surface area (Å²) >= 11 is 9.59. The molecule has 3 heterocycles. The molecular formula is C21H24BrClN4O3. The van der Waals surface area contributed by atoms with Gasteiger partial charge in [-0.3, -0.25) is 4.79 Å². The zero-order chi connectivity index (χ0) is 21.5. The van der Waals surface area contributed by atoms with E-state index in [0.717, 1.165) is 23.7 Å². The van der Waals surface area contributed by atoms with E-state index in [-0.39, 0.29) is 17.4 Å². The van der Waals surface area contributed by atoms with E-state index in [1.807, 2.05) is 15.9 Å². The summed E-state index contributed by atoms with van der Waals surface area (Å²) in [5.74, 6) is 0.548. The zero-order valence-electron chi connectivity index (χ0n) is 17.0. The summed E-state index contributed by atoms with van der Waals surface area (Å²) in [4.78, 5) is 29.3. The minimum Gasteiger partial charge on any atom is -0.361 e. The summed E-state index contributed by atoms with van der Waals surface area (Å²) in [6.45, 7) is 6.32. The van der Waals surface area contributed by atoms with Crippen molar-refractivity contribution in [1.82, 2.24) is 15.0 Å². The zero-order valence-corrected chi connectivity index (χ0v) is 19.3. The molecule has 160 valence electrons. The van der Waals surface area contributed by atoms with Gasteiger partial charge < -0.3 is 19.6 Å². The largest absolute Gasteiger partial charge is 0.361 e. The van der Waals surface area contributed by atoms with Crippen LogP contribution in [-0.4, -0.2) is 53.1 Å². The second kappa shape index (κ2) is 8.23. The normalized spacial score (nSPS) is 18.1. The van der Waals surface area contributed by atoms with E-state index in [1.165, 1.54) is 0 Å². The highest BCUT2D eigenvalue weighted by Crippen LogP contribution is 2.41. The Hall–Kier alpha value is -2.06. The molecule has 0 radical (unpaired) electrons. The first-order valence-corrected chi connectivity index (χ1v) is 11.2. The first-order valence-electron chi connectivity index (χ1n) is 10.0. The number of nitrogens with one attached hydrogen (secondary N) is 1. The molecule has 0 aliphatic carbocycles. The molecule has 7 nitrogen and oxygen atoms in total. The summed E-state index contributed by atoms with van der Waals surface area (Å²) in [5.41, 5.74) is 1.87. The molecule has 1 aromatic heterocycles. The van der Waals surface area contributed by atoms with Crippen LogP contribution in [0, 0.1) is 19.3 Å². The number of carbonyl (C=O) groups is 2. The fourth-order valence-electron chi connectivity index (χ4n) is 4.43. The Bertz CT molecular complexity index is 965. The van der Waals surface area contributed by atoms with Crippen molar-refractivity contribution in [3.8, 4) is 0 Å². The number of benzene rings is 1. The highest BCUT2D eigenvalue weighted by molar-refractivity contribution is 9.10. The summed E-state index contributed by atoms with van der Waals surface area (Å²) in [6.07, 6.45) is 2.71. The topological polar surface area (TPSA) is 78.7 Å². The molecule has 1 N–H and O–H groups in total. The number of carbonyl (C=O) groups excluding carboxylic acids is 2. The Balaban J connectivity index is 1.35. The van der Waals surface area contributed by atoms with Gasteiger partial charge in [0.2, 0.25) is 0 Å². The van der Waals surface area contributed by atoms with Gasteiger partial charge in [0.1, 0.15) is 11.3 Å². The van der Waals surface area contributed by atoms with E-state index in [1.54, 1.807) is 26.0 Å². The van der Waals surface area contributed by atoms with Gasteiger partial charge in [-0.1, -0.05) is 32.7 Å². The number of hydrogen-bond donors (Lipinski definition) is 1. The van der Waals surface area contributed by atoms with Crippen molar-refractivity contribution in [2.75, 3.05) is 31.5 Å². The number of piperidine rings is 1. The van der Waals surface area contributed by atoms with Crippen molar-refractivity contribution in [2.24, 2.45) is 5.41 Å². The molecule has 9 heteroatoms. The van der Waals surface area contributed by atoms with Gasteiger partial charge in [-0.2, -0.15) is 0 Å². The maximum Gasteiger partial charge on any atom is 0.321 e. The van der Waals surface area contributed by atoms with Crippen LogP contribution in [0.4, 0.5) is 10.5 Å². The molecule has 1 aromatic carbocycles. The van der Waals surface area contributed by atoms with Gasteiger partial charge in [-0.15, -0.1) is 0 Å². The monoisotopic (exact) mass is 494 g/mol. The number of aryl methyl sites for hydroxylation is 2. The van der Waals surface area contributed by atoms with E-state index in [2.05, 4.69) is 26.4 Å². The van der Waals surface area contributed by atoms with Crippen molar-refractivity contribution >= 4 is 45.2 Å². The number of nitrogens with zero attached hydrogens (tertiary/aromatic N) is 3. The van der Waals surface area contributed by atoms with E-state index in [0.29, 0.717) is 53.9 Å². The quantitative estimate of drug-likeness (QED) is 0.645. The third-order valence-corrected chi connectivity index (χ3v) is 7.06. The number of halogens is 2. The molecule has 3 amide bonds. The van der Waals surface area contributed by atoms with Crippen molar-refractivity contribution in [3.63, 3.8) is 0 Å². The van der Waals surface area contributed by atoms with Crippen LogP contribution in [0.3, 0.4) is 0 Å². The maximum absolute atomic E-state index is 12.9. The number of urea groups is 1. The van der Waals surface area contributed by atoms with E-state index in [4.69, 9.17) is 16.1 Å². The number of amides is 3. The number of anilines is 1. The molecular weight excluding hydrogens is 472 g/mol. The van der Waals surface area contributed by atoms with Crippen molar-refractivity contribution in [1.29, 1.82) is 0 Å². The smallest absolute Gasteiger partial charge is 0.321 e. The highest BCUT2D eigenvalue weighted by atomic mass is 79.9. The molecule has 0 bridgehead atoms. The lowest BCUT2D eigenvalue weighted by atomic mass is 9.77. The van der Waals surface area contributed by atoms with Gasteiger partial charge in [0, 0.05) is 30.7 Å². The van der Waals surface area contributed by atoms with Crippen molar-refractivity contribution in [2.45, 2.75) is 33.1 Å². The maximum atomic E-state index is 12.9. The lowest BCUT2D eigenvalue weighted by Crippen LogP contribution is -2.45. The van der Waals surface area contributed by atoms with Gasteiger partial charge in [-0.05, 0) is 56.7 Å². The van der Waals surface area contributed by atoms with Gasteiger partial charge >= 0.3 is 6.03 Å². The molecule has 4 rings (SSSR count). The number of likely N-dealkylation sites (tertiary alicyclic amines) is 2. The third kappa shape index (κ3) is 4.07. The average Bonchev–Trinajstić information content (AvgIpc) is 3.27. The number of hydrogen-bond acceptors (Lipinski definition) is 4. The molecule has 30 heavy (non-hydrogen) atoms. The van der Waals surface area contributed by atoms with Crippen molar-refractivity contribution in [3.05, 3.63) is 44.7 Å². The highest BCUT2D eigenvalue weighted by Gasteiger charge is 2.43. The molecule has 2 fully saturated rings. The van der Waals surface area contributed by atoms with Crippen LogP contribution < -0.4 is 5.32 Å². The van der Waals surface area contributed by atoms with Crippen LogP contribution in [0.2, 0.25) is 5.02 Å². The van der Waals surface area contributed by atoms with Crippen LogP contribution in [0.5, 0.6) is 0 Å². The Morgan fingerprint density at radius 1 is 1.17 bits per heavy atom.